The maximum Gasteiger partial charge on any atom is 0.248 e. The van der Waals surface area contributed by atoms with Crippen LogP contribution in [0.4, 0.5) is 13.2 Å². The predicted octanol–water partition coefficient (Wildman–Crippen LogP) is 1.46. The van der Waals surface area contributed by atoms with Crippen molar-refractivity contribution < 1.29 is 21.6 Å². The molecule has 0 saturated carbocycles. The maximum atomic E-state index is 13.6. The fourth-order valence-electron chi connectivity index (χ4n) is 2.19. The van der Waals surface area contributed by atoms with Crippen molar-refractivity contribution in [1.29, 1.82) is 0 Å². The van der Waals surface area contributed by atoms with Crippen LogP contribution in [-0.4, -0.2) is 31.9 Å². The summed E-state index contributed by atoms with van der Waals surface area (Å²) in [5.41, 5.74) is 5.79. The summed E-state index contributed by atoms with van der Waals surface area (Å²) in [5, 5.41) is 0. The SMILES string of the molecule is CC1CCN(S(=O)(=O)c2c(F)cc(F)cc2F)CC1N. The molecule has 1 fully saturated rings. The molecule has 1 heterocycles. The molecule has 2 rings (SSSR count). The van der Waals surface area contributed by atoms with E-state index in [0.29, 0.717) is 18.6 Å². The molecule has 0 spiro atoms. The number of halogens is 3. The van der Waals surface area contributed by atoms with Crippen molar-refractivity contribution in [2.24, 2.45) is 11.7 Å². The van der Waals surface area contributed by atoms with Crippen molar-refractivity contribution in [1.82, 2.24) is 4.31 Å². The summed E-state index contributed by atoms with van der Waals surface area (Å²) in [5.74, 6) is -3.91. The third kappa shape index (κ3) is 2.68. The van der Waals surface area contributed by atoms with E-state index in [1.54, 1.807) is 0 Å². The smallest absolute Gasteiger partial charge is 0.248 e. The van der Waals surface area contributed by atoms with Crippen LogP contribution in [0.25, 0.3) is 0 Å². The van der Waals surface area contributed by atoms with Gasteiger partial charge in [-0.25, -0.2) is 21.6 Å². The zero-order chi connectivity index (χ0) is 15.1. The molecule has 1 aliphatic rings. The van der Waals surface area contributed by atoms with Gasteiger partial charge >= 0.3 is 0 Å². The van der Waals surface area contributed by atoms with Crippen LogP contribution in [0, 0.1) is 23.4 Å². The zero-order valence-corrected chi connectivity index (χ0v) is 11.6. The molecule has 0 amide bonds. The monoisotopic (exact) mass is 308 g/mol. The number of nitrogens with zero attached hydrogens (tertiary/aromatic N) is 1. The highest BCUT2D eigenvalue weighted by Gasteiger charge is 2.35. The lowest BCUT2D eigenvalue weighted by molar-refractivity contribution is 0.251. The Bertz CT molecular complexity index is 598. The molecule has 0 aromatic heterocycles. The predicted molar refractivity (Wildman–Crippen MR) is 66.8 cm³/mol. The fourth-order valence-corrected chi connectivity index (χ4v) is 3.77. The van der Waals surface area contributed by atoms with Gasteiger partial charge in [0.05, 0.1) is 0 Å². The largest absolute Gasteiger partial charge is 0.326 e. The second-order valence-electron chi connectivity index (χ2n) is 4.99. The molecule has 20 heavy (non-hydrogen) atoms. The minimum absolute atomic E-state index is 0.0141. The molecule has 2 N–H and O–H groups in total. The molecule has 0 aliphatic carbocycles. The zero-order valence-electron chi connectivity index (χ0n) is 10.8. The van der Waals surface area contributed by atoms with E-state index in [1.807, 2.05) is 6.92 Å². The minimum atomic E-state index is -4.36. The molecule has 2 unspecified atom stereocenters. The first-order chi connectivity index (χ1) is 9.23. The van der Waals surface area contributed by atoms with Crippen LogP contribution in [0.5, 0.6) is 0 Å². The van der Waals surface area contributed by atoms with Gasteiger partial charge in [-0.05, 0) is 12.3 Å². The quantitative estimate of drug-likeness (QED) is 0.900. The van der Waals surface area contributed by atoms with Crippen LogP contribution in [0.2, 0.25) is 0 Å². The Morgan fingerprint density at radius 1 is 1.25 bits per heavy atom. The molecule has 2 atom stereocenters. The van der Waals surface area contributed by atoms with Gasteiger partial charge in [-0.15, -0.1) is 0 Å². The van der Waals surface area contributed by atoms with Crippen LogP contribution < -0.4 is 5.73 Å². The van der Waals surface area contributed by atoms with Crippen molar-refractivity contribution in [3.8, 4) is 0 Å². The topological polar surface area (TPSA) is 63.4 Å². The Morgan fingerprint density at radius 3 is 2.30 bits per heavy atom. The number of rotatable bonds is 2. The molecule has 0 radical (unpaired) electrons. The molecule has 1 aromatic rings. The van der Waals surface area contributed by atoms with E-state index in [2.05, 4.69) is 0 Å². The van der Waals surface area contributed by atoms with E-state index in [9.17, 15) is 21.6 Å². The van der Waals surface area contributed by atoms with Gasteiger partial charge in [-0.3, -0.25) is 0 Å². The standard InChI is InChI=1S/C12H15F3N2O2S/c1-7-2-3-17(6-11(7)16)20(18,19)12-9(14)4-8(13)5-10(12)15/h4-5,7,11H,2-3,6,16H2,1H3. The normalized spacial score (nSPS) is 24.9. The molecular formula is C12H15F3N2O2S. The number of nitrogens with two attached hydrogens (primary N) is 1. The Labute approximate surface area is 115 Å². The first kappa shape index (κ1) is 15.3. The second-order valence-corrected chi connectivity index (χ2v) is 6.87. The van der Waals surface area contributed by atoms with Crippen LogP contribution in [0.1, 0.15) is 13.3 Å². The van der Waals surface area contributed by atoms with Crippen molar-refractivity contribution in [3.63, 3.8) is 0 Å². The average Bonchev–Trinajstić information content (AvgIpc) is 2.30. The van der Waals surface area contributed by atoms with Gasteiger partial charge in [0.1, 0.15) is 17.5 Å². The highest BCUT2D eigenvalue weighted by Crippen LogP contribution is 2.27. The summed E-state index contributed by atoms with van der Waals surface area (Å²) in [4.78, 5) is -1.12. The number of sulfonamides is 1. The van der Waals surface area contributed by atoms with E-state index in [-0.39, 0.29) is 19.0 Å². The van der Waals surface area contributed by atoms with E-state index in [4.69, 9.17) is 5.73 Å². The van der Waals surface area contributed by atoms with Gasteiger partial charge in [0.25, 0.3) is 0 Å². The first-order valence-corrected chi connectivity index (χ1v) is 7.57. The summed E-state index contributed by atoms with van der Waals surface area (Å²) in [6.45, 7) is 2.00. The number of benzene rings is 1. The lowest BCUT2D eigenvalue weighted by atomic mass is 9.96. The van der Waals surface area contributed by atoms with Crippen molar-refractivity contribution in [2.45, 2.75) is 24.3 Å². The van der Waals surface area contributed by atoms with Crippen LogP contribution in [-0.2, 0) is 10.0 Å². The van der Waals surface area contributed by atoms with Crippen LogP contribution in [0.3, 0.4) is 0 Å². The molecule has 4 nitrogen and oxygen atoms in total. The maximum absolute atomic E-state index is 13.6. The van der Waals surface area contributed by atoms with E-state index in [0.717, 1.165) is 4.31 Å². The molecule has 112 valence electrons. The summed E-state index contributed by atoms with van der Waals surface area (Å²) >= 11 is 0. The molecule has 0 bridgehead atoms. The van der Waals surface area contributed by atoms with E-state index >= 15 is 0 Å². The van der Waals surface area contributed by atoms with E-state index < -0.39 is 38.4 Å². The number of hydrogen-bond donors (Lipinski definition) is 1. The molecule has 1 saturated heterocycles. The number of piperidine rings is 1. The number of hydrogen-bond acceptors (Lipinski definition) is 3. The molecule has 1 aliphatic heterocycles. The average molecular weight is 308 g/mol. The summed E-state index contributed by atoms with van der Waals surface area (Å²) in [7, 11) is -4.36. The molecule has 1 aromatic carbocycles. The molecule has 8 heteroatoms. The minimum Gasteiger partial charge on any atom is -0.326 e. The van der Waals surface area contributed by atoms with Crippen molar-refractivity contribution in [3.05, 3.63) is 29.6 Å². The fraction of sp³-hybridized carbons (Fsp3) is 0.500. The second kappa shape index (κ2) is 5.34. The summed E-state index contributed by atoms with van der Waals surface area (Å²) in [6.07, 6.45) is 0.505. The Hall–Kier alpha value is -1.12. The van der Waals surface area contributed by atoms with Gasteiger partial charge in [-0.1, -0.05) is 6.92 Å². The third-order valence-corrected chi connectivity index (χ3v) is 5.46. The molecular weight excluding hydrogens is 293 g/mol. The highest BCUT2D eigenvalue weighted by atomic mass is 32.2. The van der Waals surface area contributed by atoms with Crippen molar-refractivity contribution >= 4 is 10.0 Å². The lowest BCUT2D eigenvalue weighted by Gasteiger charge is -2.34. The van der Waals surface area contributed by atoms with Gasteiger partial charge in [0.2, 0.25) is 10.0 Å². The van der Waals surface area contributed by atoms with Crippen LogP contribution in [0.15, 0.2) is 17.0 Å². The van der Waals surface area contributed by atoms with Gasteiger partial charge in [0, 0.05) is 31.3 Å². The van der Waals surface area contributed by atoms with Gasteiger partial charge in [-0.2, -0.15) is 4.31 Å². The van der Waals surface area contributed by atoms with Crippen molar-refractivity contribution in [2.75, 3.05) is 13.1 Å². The van der Waals surface area contributed by atoms with Gasteiger partial charge < -0.3 is 5.73 Å². The Morgan fingerprint density at radius 2 is 1.80 bits per heavy atom. The van der Waals surface area contributed by atoms with E-state index in [1.165, 1.54) is 0 Å². The Balaban J connectivity index is 2.41. The Kier molecular flexibility index (Phi) is 4.08. The van der Waals surface area contributed by atoms with Crippen LogP contribution >= 0.6 is 0 Å². The summed E-state index contributed by atoms with van der Waals surface area (Å²) in [6, 6.07) is 0.301. The lowest BCUT2D eigenvalue weighted by Crippen LogP contribution is -2.49. The highest BCUT2D eigenvalue weighted by molar-refractivity contribution is 7.89. The van der Waals surface area contributed by atoms with Gasteiger partial charge in [0.15, 0.2) is 4.90 Å². The summed E-state index contributed by atoms with van der Waals surface area (Å²) < 4.78 is 65.5. The first-order valence-electron chi connectivity index (χ1n) is 6.13. The third-order valence-electron chi connectivity index (χ3n) is 3.54.